The van der Waals surface area contributed by atoms with E-state index in [9.17, 15) is 9.59 Å². The molecule has 6 heteroatoms. The minimum Gasteiger partial charge on any atom is -0.326 e. The molecular formula is C20H23ClN3O2+. The molecule has 0 aliphatic carbocycles. The highest BCUT2D eigenvalue weighted by Gasteiger charge is 2.30. The summed E-state index contributed by atoms with van der Waals surface area (Å²) in [5, 5.41) is 3.59. The Morgan fingerprint density at radius 3 is 2.65 bits per heavy atom. The monoisotopic (exact) mass is 372 g/mol. The molecule has 0 radical (unpaired) electrons. The van der Waals surface area contributed by atoms with Crippen LogP contribution in [-0.2, 0) is 16.1 Å². The van der Waals surface area contributed by atoms with Crippen molar-refractivity contribution < 1.29 is 14.5 Å². The quantitative estimate of drug-likeness (QED) is 0.863. The molecule has 0 aromatic heterocycles. The van der Waals surface area contributed by atoms with Crippen molar-refractivity contribution in [2.75, 3.05) is 23.8 Å². The van der Waals surface area contributed by atoms with E-state index in [2.05, 4.69) is 5.32 Å². The summed E-state index contributed by atoms with van der Waals surface area (Å²) in [6.45, 7) is 2.98. The second-order valence-corrected chi connectivity index (χ2v) is 7.26. The maximum Gasteiger partial charge on any atom is 0.282 e. The molecule has 2 aromatic rings. The summed E-state index contributed by atoms with van der Waals surface area (Å²) in [4.78, 5) is 27.9. The first-order chi connectivity index (χ1) is 12.4. The Labute approximate surface area is 158 Å². The second kappa shape index (κ2) is 7.89. The average molecular weight is 373 g/mol. The summed E-state index contributed by atoms with van der Waals surface area (Å²) in [7, 11) is 1.99. The summed E-state index contributed by atoms with van der Waals surface area (Å²) in [5.74, 6) is -0.0602. The van der Waals surface area contributed by atoms with Gasteiger partial charge in [-0.1, -0.05) is 35.9 Å². The van der Waals surface area contributed by atoms with Crippen molar-refractivity contribution in [1.29, 1.82) is 0 Å². The van der Waals surface area contributed by atoms with E-state index < -0.39 is 0 Å². The fourth-order valence-electron chi connectivity index (χ4n) is 3.32. The van der Waals surface area contributed by atoms with E-state index in [-0.39, 0.29) is 24.3 Å². The van der Waals surface area contributed by atoms with Crippen LogP contribution in [0.15, 0.2) is 48.5 Å². The third-order valence-corrected chi connectivity index (χ3v) is 4.75. The van der Waals surface area contributed by atoms with E-state index in [1.165, 1.54) is 0 Å². The van der Waals surface area contributed by atoms with Crippen LogP contribution in [0.3, 0.4) is 0 Å². The van der Waals surface area contributed by atoms with Gasteiger partial charge in [0.25, 0.3) is 5.91 Å². The zero-order chi connectivity index (χ0) is 18.7. The Balaban J connectivity index is 1.75. The number of amides is 2. The third-order valence-electron chi connectivity index (χ3n) is 4.50. The number of carbonyl (C=O) groups excluding carboxylic acids is 2. The summed E-state index contributed by atoms with van der Waals surface area (Å²) in [6.07, 6.45) is 0.288. The lowest BCUT2D eigenvalue weighted by Gasteiger charge is -2.28. The summed E-state index contributed by atoms with van der Waals surface area (Å²) in [5.41, 5.74) is 2.57. The standard InChI is InChI=1S/C20H22ClN3O2/c1-14-11-19(25)22-17-5-3-4-6-18(17)24(14)20(26)13-23(2)12-15-7-9-16(21)10-8-15/h3-10,14H,11-13H2,1-2H3,(H,22,25)/p+1/t14-/m0/s1. The van der Waals surface area contributed by atoms with Crippen molar-refractivity contribution in [3.63, 3.8) is 0 Å². The number of fused-ring (bicyclic) bond motifs is 1. The molecule has 0 spiro atoms. The van der Waals surface area contributed by atoms with Crippen LogP contribution < -0.4 is 15.1 Å². The fraction of sp³-hybridized carbons (Fsp3) is 0.300. The van der Waals surface area contributed by atoms with E-state index in [0.29, 0.717) is 17.3 Å². The van der Waals surface area contributed by atoms with Gasteiger partial charge in [-0.2, -0.15) is 0 Å². The van der Waals surface area contributed by atoms with E-state index in [4.69, 9.17) is 11.6 Å². The van der Waals surface area contributed by atoms with Gasteiger partial charge in [-0.05, 0) is 31.2 Å². The molecule has 2 N–H and O–H groups in total. The van der Waals surface area contributed by atoms with Crippen molar-refractivity contribution in [2.45, 2.75) is 25.9 Å². The fourth-order valence-corrected chi connectivity index (χ4v) is 3.45. The van der Waals surface area contributed by atoms with Gasteiger partial charge >= 0.3 is 0 Å². The highest BCUT2D eigenvalue weighted by atomic mass is 35.5. The molecule has 26 heavy (non-hydrogen) atoms. The molecule has 0 bridgehead atoms. The molecule has 0 saturated heterocycles. The lowest BCUT2D eigenvalue weighted by molar-refractivity contribution is -0.885. The van der Waals surface area contributed by atoms with Gasteiger partial charge in [-0.3, -0.25) is 9.59 Å². The van der Waals surface area contributed by atoms with Crippen LogP contribution >= 0.6 is 11.6 Å². The first-order valence-electron chi connectivity index (χ1n) is 8.70. The maximum absolute atomic E-state index is 13.0. The number of quaternary nitrogens is 1. The van der Waals surface area contributed by atoms with Crippen molar-refractivity contribution in [3.8, 4) is 0 Å². The summed E-state index contributed by atoms with van der Waals surface area (Å²) >= 11 is 5.92. The van der Waals surface area contributed by atoms with Gasteiger partial charge in [-0.15, -0.1) is 0 Å². The Morgan fingerprint density at radius 2 is 1.92 bits per heavy atom. The molecule has 0 fully saturated rings. The van der Waals surface area contributed by atoms with Crippen molar-refractivity contribution >= 4 is 34.8 Å². The van der Waals surface area contributed by atoms with Gasteiger partial charge in [0.15, 0.2) is 6.54 Å². The third kappa shape index (κ3) is 4.23. The molecule has 1 aliphatic rings. The molecule has 136 valence electrons. The van der Waals surface area contributed by atoms with Gasteiger partial charge in [0.1, 0.15) is 6.54 Å². The average Bonchev–Trinajstić information content (AvgIpc) is 2.71. The van der Waals surface area contributed by atoms with Crippen LogP contribution in [0.2, 0.25) is 5.02 Å². The molecule has 0 saturated carbocycles. The summed E-state index contributed by atoms with van der Waals surface area (Å²) < 4.78 is 0. The van der Waals surface area contributed by atoms with Gasteiger partial charge < -0.3 is 15.1 Å². The normalized spacial score (nSPS) is 17.9. The van der Waals surface area contributed by atoms with E-state index in [0.717, 1.165) is 22.7 Å². The number of para-hydroxylation sites is 2. The molecule has 1 unspecified atom stereocenters. The van der Waals surface area contributed by atoms with Gasteiger partial charge in [-0.25, -0.2) is 0 Å². The van der Waals surface area contributed by atoms with Crippen LogP contribution in [-0.4, -0.2) is 31.4 Å². The molecule has 1 heterocycles. The van der Waals surface area contributed by atoms with Crippen LogP contribution in [0.5, 0.6) is 0 Å². The number of nitrogens with zero attached hydrogens (tertiary/aromatic N) is 1. The number of anilines is 2. The van der Waals surface area contributed by atoms with Crippen LogP contribution in [0.1, 0.15) is 18.9 Å². The number of hydrogen-bond acceptors (Lipinski definition) is 2. The number of halogens is 1. The topological polar surface area (TPSA) is 53.9 Å². The lowest BCUT2D eigenvalue weighted by Crippen LogP contribution is -3.09. The zero-order valence-corrected chi connectivity index (χ0v) is 15.7. The molecule has 1 aliphatic heterocycles. The number of hydrogen-bond donors (Lipinski definition) is 2. The highest BCUT2D eigenvalue weighted by Crippen LogP contribution is 2.31. The first kappa shape index (κ1) is 18.4. The van der Waals surface area contributed by atoms with Gasteiger partial charge in [0.05, 0.1) is 18.4 Å². The maximum atomic E-state index is 13.0. The van der Waals surface area contributed by atoms with E-state index in [1.807, 2.05) is 62.5 Å². The Kier molecular flexibility index (Phi) is 5.59. The molecule has 2 atom stereocenters. The van der Waals surface area contributed by atoms with Crippen molar-refractivity contribution in [1.82, 2.24) is 0 Å². The van der Waals surface area contributed by atoms with Crippen LogP contribution in [0.25, 0.3) is 0 Å². The Hall–Kier alpha value is -2.37. The number of rotatable bonds is 4. The molecule has 3 rings (SSSR count). The zero-order valence-electron chi connectivity index (χ0n) is 15.0. The van der Waals surface area contributed by atoms with Crippen LogP contribution in [0, 0.1) is 0 Å². The van der Waals surface area contributed by atoms with E-state index in [1.54, 1.807) is 4.90 Å². The minimum absolute atomic E-state index is 0.00733. The first-order valence-corrected chi connectivity index (χ1v) is 9.08. The number of nitrogens with one attached hydrogen (secondary N) is 2. The molecule has 2 amide bonds. The number of benzene rings is 2. The smallest absolute Gasteiger partial charge is 0.282 e. The predicted molar refractivity (Wildman–Crippen MR) is 104 cm³/mol. The van der Waals surface area contributed by atoms with Crippen molar-refractivity contribution in [3.05, 3.63) is 59.1 Å². The Morgan fingerprint density at radius 1 is 1.23 bits per heavy atom. The van der Waals surface area contributed by atoms with Crippen LogP contribution in [0.4, 0.5) is 11.4 Å². The highest BCUT2D eigenvalue weighted by molar-refractivity contribution is 6.30. The SMILES string of the molecule is C[C@H]1CC(=O)Nc2ccccc2N1C(=O)C[NH+](C)Cc1ccc(Cl)cc1. The number of carbonyl (C=O) groups is 2. The second-order valence-electron chi connectivity index (χ2n) is 6.82. The number of likely N-dealkylation sites (N-methyl/N-ethyl adjacent to an activating group) is 1. The lowest BCUT2D eigenvalue weighted by atomic mass is 10.1. The summed E-state index contributed by atoms with van der Waals surface area (Å²) in [6, 6.07) is 14.9. The molecule has 2 aromatic carbocycles. The predicted octanol–water partition coefficient (Wildman–Crippen LogP) is 2.12. The van der Waals surface area contributed by atoms with Gasteiger partial charge in [0.2, 0.25) is 5.91 Å². The van der Waals surface area contributed by atoms with E-state index >= 15 is 0 Å². The molecular weight excluding hydrogens is 350 g/mol. The minimum atomic E-state index is -0.186. The Bertz CT molecular complexity index is 807. The van der Waals surface area contributed by atoms with Crippen molar-refractivity contribution in [2.24, 2.45) is 0 Å². The molecule has 5 nitrogen and oxygen atoms in total. The van der Waals surface area contributed by atoms with Gasteiger partial charge in [0, 0.05) is 23.0 Å². The largest absolute Gasteiger partial charge is 0.326 e.